The Labute approximate surface area is 90.9 Å². The van der Waals surface area contributed by atoms with E-state index >= 15 is 0 Å². The van der Waals surface area contributed by atoms with Crippen LogP contribution in [0.5, 0.6) is 5.75 Å². The molecule has 15 heavy (non-hydrogen) atoms. The van der Waals surface area contributed by atoms with Crippen LogP contribution in [0, 0.1) is 0 Å². The van der Waals surface area contributed by atoms with Gasteiger partial charge >= 0.3 is 0 Å². The first-order valence-electron chi connectivity index (χ1n) is 5.34. The largest absolute Gasteiger partial charge is 0.492 e. The van der Waals surface area contributed by atoms with Crippen molar-refractivity contribution in [2.24, 2.45) is 5.73 Å². The van der Waals surface area contributed by atoms with Gasteiger partial charge in [-0.2, -0.15) is 0 Å². The average Bonchev–Trinajstić information content (AvgIpc) is 2.27. The van der Waals surface area contributed by atoms with Crippen LogP contribution in [-0.4, -0.2) is 24.4 Å². The Balaban J connectivity index is 2.37. The summed E-state index contributed by atoms with van der Waals surface area (Å²) >= 11 is 0. The van der Waals surface area contributed by atoms with E-state index < -0.39 is 0 Å². The number of rotatable bonds is 6. The Morgan fingerprint density at radius 1 is 1.33 bits per heavy atom. The molecule has 0 radical (unpaired) electrons. The molecular formula is C12H19NO2. The summed E-state index contributed by atoms with van der Waals surface area (Å²) in [5, 5.41) is 8.67. The van der Waals surface area contributed by atoms with Gasteiger partial charge in [0.2, 0.25) is 0 Å². The van der Waals surface area contributed by atoms with Gasteiger partial charge in [-0.3, -0.25) is 0 Å². The predicted octanol–water partition coefficient (Wildman–Crippen LogP) is 1.34. The van der Waals surface area contributed by atoms with Crippen LogP contribution in [0.1, 0.15) is 18.9 Å². The van der Waals surface area contributed by atoms with Gasteiger partial charge in [-0.05, 0) is 30.5 Å². The summed E-state index contributed by atoms with van der Waals surface area (Å²) in [5.41, 5.74) is 7.00. The first kappa shape index (κ1) is 12.0. The molecule has 1 rings (SSSR count). The number of aryl methyl sites for hydroxylation is 1. The van der Waals surface area contributed by atoms with E-state index in [1.165, 1.54) is 5.56 Å². The van der Waals surface area contributed by atoms with Crippen LogP contribution in [0.15, 0.2) is 24.3 Å². The fraction of sp³-hybridized carbons (Fsp3) is 0.500. The van der Waals surface area contributed by atoms with E-state index in [1.807, 2.05) is 24.3 Å². The van der Waals surface area contributed by atoms with Gasteiger partial charge in [0.05, 0.1) is 0 Å². The predicted molar refractivity (Wildman–Crippen MR) is 61.0 cm³/mol. The van der Waals surface area contributed by atoms with E-state index in [0.29, 0.717) is 13.0 Å². The maximum atomic E-state index is 8.67. The van der Waals surface area contributed by atoms with Crippen LogP contribution in [0.3, 0.4) is 0 Å². The molecule has 1 unspecified atom stereocenters. The number of aliphatic hydroxyl groups is 1. The molecule has 0 aliphatic heterocycles. The highest BCUT2D eigenvalue weighted by molar-refractivity contribution is 5.27. The van der Waals surface area contributed by atoms with Gasteiger partial charge in [0, 0.05) is 12.6 Å². The van der Waals surface area contributed by atoms with E-state index in [-0.39, 0.29) is 12.6 Å². The topological polar surface area (TPSA) is 55.5 Å². The normalized spacial score (nSPS) is 12.5. The van der Waals surface area contributed by atoms with E-state index in [2.05, 4.69) is 6.92 Å². The maximum Gasteiger partial charge on any atom is 0.119 e. The number of ether oxygens (including phenoxy) is 1. The molecule has 3 heteroatoms. The van der Waals surface area contributed by atoms with Crippen LogP contribution < -0.4 is 10.5 Å². The lowest BCUT2D eigenvalue weighted by Crippen LogP contribution is -2.28. The van der Waals surface area contributed by atoms with Gasteiger partial charge in [0.15, 0.2) is 0 Å². The summed E-state index contributed by atoms with van der Waals surface area (Å²) in [6, 6.07) is 7.90. The number of hydrogen-bond acceptors (Lipinski definition) is 3. The van der Waals surface area contributed by atoms with Gasteiger partial charge in [-0.1, -0.05) is 19.1 Å². The van der Waals surface area contributed by atoms with E-state index in [4.69, 9.17) is 15.6 Å². The van der Waals surface area contributed by atoms with Crippen molar-refractivity contribution in [2.75, 3.05) is 13.2 Å². The highest BCUT2D eigenvalue weighted by atomic mass is 16.5. The van der Waals surface area contributed by atoms with Crippen molar-refractivity contribution in [3.8, 4) is 5.75 Å². The fourth-order valence-electron chi connectivity index (χ4n) is 1.27. The van der Waals surface area contributed by atoms with Crippen LogP contribution in [0.2, 0.25) is 0 Å². The first-order valence-corrected chi connectivity index (χ1v) is 5.34. The van der Waals surface area contributed by atoms with Crippen LogP contribution in [0.4, 0.5) is 0 Å². The smallest absolute Gasteiger partial charge is 0.119 e. The first-order chi connectivity index (χ1) is 7.26. The third-order valence-electron chi connectivity index (χ3n) is 2.30. The molecule has 84 valence electrons. The lowest BCUT2D eigenvalue weighted by atomic mass is 10.2. The molecular weight excluding hydrogens is 190 g/mol. The average molecular weight is 209 g/mol. The fourth-order valence-corrected chi connectivity index (χ4v) is 1.27. The van der Waals surface area contributed by atoms with Gasteiger partial charge in [0.1, 0.15) is 12.4 Å². The molecule has 0 aromatic heterocycles. The summed E-state index contributed by atoms with van der Waals surface area (Å²) in [6.45, 7) is 2.68. The monoisotopic (exact) mass is 209 g/mol. The van der Waals surface area contributed by atoms with Crippen molar-refractivity contribution in [2.45, 2.75) is 25.8 Å². The molecule has 0 saturated heterocycles. The van der Waals surface area contributed by atoms with Gasteiger partial charge in [0.25, 0.3) is 0 Å². The molecule has 1 atom stereocenters. The zero-order chi connectivity index (χ0) is 11.1. The molecule has 1 aromatic rings. The molecule has 0 amide bonds. The molecule has 0 saturated carbocycles. The minimum atomic E-state index is -0.0964. The van der Waals surface area contributed by atoms with Gasteiger partial charge in [-0.15, -0.1) is 0 Å². The van der Waals surface area contributed by atoms with E-state index in [1.54, 1.807) is 0 Å². The van der Waals surface area contributed by atoms with E-state index in [0.717, 1.165) is 12.2 Å². The summed E-state index contributed by atoms with van der Waals surface area (Å²) in [5.74, 6) is 0.834. The molecule has 0 heterocycles. The third-order valence-corrected chi connectivity index (χ3v) is 2.30. The maximum absolute atomic E-state index is 8.67. The summed E-state index contributed by atoms with van der Waals surface area (Å²) < 4.78 is 5.48. The van der Waals surface area contributed by atoms with Crippen molar-refractivity contribution >= 4 is 0 Å². The highest BCUT2D eigenvalue weighted by Crippen LogP contribution is 2.12. The molecule has 0 fully saturated rings. The highest BCUT2D eigenvalue weighted by Gasteiger charge is 2.02. The number of nitrogens with two attached hydrogens (primary N) is 1. The van der Waals surface area contributed by atoms with Crippen molar-refractivity contribution in [3.63, 3.8) is 0 Å². The van der Waals surface area contributed by atoms with Crippen molar-refractivity contribution in [1.29, 1.82) is 0 Å². The number of benzene rings is 1. The zero-order valence-corrected chi connectivity index (χ0v) is 9.15. The second-order valence-electron chi connectivity index (χ2n) is 3.58. The number of hydrogen-bond donors (Lipinski definition) is 2. The molecule has 0 bridgehead atoms. The Kier molecular flexibility index (Phi) is 5.15. The van der Waals surface area contributed by atoms with Gasteiger partial charge < -0.3 is 15.6 Å². The molecule has 3 N–H and O–H groups in total. The molecule has 0 spiro atoms. The third kappa shape index (κ3) is 4.32. The zero-order valence-electron chi connectivity index (χ0n) is 9.15. The Bertz CT molecular complexity index is 271. The SMILES string of the molecule is CCc1ccc(OCC(N)CCO)cc1. The number of aliphatic hydroxyl groups excluding tert-OH is 1. The Hall–Kier alpha value is -1.06. The lowest BCUT2D eigenvalue weighted by molar-refractivity contribution is 0.233. The second-order valence-corrected chi connectivity index (χ2v) is 3.58. The molecule has 0 aliphatic carbocycles. The Morgan fingerprint density at radius 3 is 2.53 bits per heavy atom. The molecule has 1 aromatic carbocycles. The summed E-state index contributed by atoms with van der Waals surface area (Å²) in [6.07, 6.45) is 1.61. The van der Waals surface area contributed by atoms with Gasteiger partial charge in [-0.25, -0.2) is 0 Å². The summed E-state index contributed by atoms with van der Waals surface area (Å²) in [4.78, 5) is 0. The van der Waals surface area contributed by atoms with Crippen LogP contribution >= 0.6 is 0 Å². The minimum Gasteiger partial charge on any atom is -0.492 e. The van der Waals surface area contributed by atoms with Crippen molar-refractivity contribution in [3.05, 3.63) is 29.8 Å². The quantitative estimate of drug-likeness (QED) is 0.743. The Morgan fingerprint density at radius 2 is 2.00 bits per heavy atom. The van der Waals surface area contributed by atoms with E-state index in [9.17, 15) is 0 Å². The molecule has 3 nitrogen and oxygen atoms in total. The van der Waals surface area contributed by atoms with Crippen LogP contribution in [-0.2, 0) is 6.42 Å². The summed E-state index contributed by atoms with van der Waals surface area (Å²) in [7, 11) is 0. The molecule has 0 aliphatic rings. The van der Waals surface area contributed by atoms with Crippen molar-refractivity contribution in [1.82, 2.24) is 0 Å². The van der Waals surface area contributed by atoms with Crippen LogP contribution in [0.25, 0.3) is 0 Å². The lowest BCUT2D eigenvalue weighted by Gasteiger charge is -2.11. The standard InChI is InChI=1S/C12H19NO2/c1-2-10-3-5-12(6-4-10)15-9-11(13)7-8-14/h3-6,11,14H,2,7-9,13H2,1H3. The second kappa shape index (κ2) is 6.43. The van der Waals surface area contributed by atoms with Crippen molar-refractivity contribution < 1.29 is 9.84 Å². The minimum absolute atomic E-state index is 0.0964.